The molecule has 1 heterocycles. The van der Waals surface area contributed by atoms with Crippen LogP contribution in [0.15, 0.2) is 47.8 Å². The van der Waals surface area contributed by atoms with Crippen LogP contribution in [0.2, 0.25) is 5.02 Å². The van der Waals surface area contributed by atoms with E-state index in [-0.39, 0.29) is 6.61 Å². The summed E-state index contributed by atoms with van der Waals surface area (Å²) in [5.74, 6) is -1.64. The van der Waals surface area contributed by atoms with Crippen molar-refractivity contribution in [3.8, 4) is 0 Å². The second kappa shape index (κ2) is 7.33. The number of carbonyl (C=O) groups is 2. The molecule has 1 unspecified atom stereocenters. The van der Waals surface area contributed by atoms with E-state index in [1.54, 1.807) is 55.5 Å². The summed E-state index contributed by atoms with van der Waals surface area (Å²) in [4.78, 5) is 26.2. The molecule has 23 heavy (non-hydrogen) atoms. The lowest BCUT2D eigenvalue weighted by Crippen LogP contribution is -2.27. The zero-order valence-corrected chi connectivity index (χ0v) is 14.0. The van der Waals surface area contributed by atoms with Crippen molar-refractivity contribution in [1.29, 1.82) is 0 Å². The molecule has 1 aliphatic rings. The number of hydrogen-bond donors (Lipinski definition) is 0. The molecule has 0 radical (unpaired) electrons. The third-order valence-electron chi connectivity index (χ3n) is 3.46. The maximum Gasteiger partial charge on any atom is 0.336 e. The summed E-state index contributed by atoms with van der Waals surface area (Å²) in [5.41, 5.74) is 1.32. The van der Waals surface area contributed by atoms with E-state index >= 15 is 0 Å². The third-order valence-corrected chi connectivity index (χ3v) is 3.80. The molecule has 0 saturated heterocycles. The summed E-state index contributed by atoms with van der Waals surface area (Å²) >= 11 is 6.28. The van der Waals surface area contributed by atoms with Gasteiger partial charge < -0.3 is 14.4 Å². The Kier molecular flexibility index (Phi) is 5.45. The maximum atomic E-state index is 12.4. The first-order chi connectivity index (χ1) is 11.0. The summed E-state index contributed by atoms with van der Waals surface area (Å²) in [6.07, 6.45) is 3.26. The second-order valence-corrected chi connectivity index (χ2v) is 5.41. The van der Waals surface area contributed by atoms with Crippen molar-refractivity contribution in [3.05, 3.63) is 58.4 Å². The van der Waals surface area contributed by atoms with Crippen molar-refractivity contribution >= 4 is 23.5 Å². The van der Waals surface area contributed by atoms with Gasteiger partial charge in [0.2, 0.25) is 0 Å². The van der Waals surface area contributed by atoms with Crippen molar-refractivity contribution in [3.63, 3.8) is 0 Å². The minimum absolute atomic E-state index is 0.242. The van der Waals surface area contributed by atoms with Gasteiger partial charge in [-0.2, -0.15) is 0 Å². The summed E-state index contributed by atoms with van der Waals surface area (Å²) < 4.78 is 9.99. The predicted molar refractivity (Wildman–Crippen MR) is 86.8 cm³/mol. The number of rotatable bonds is 4. The minimum atomic E-state index is -0.633. The fourth-order valence-electron chi connectivity index (χ4n) is 2.51. The Morgan fingerprint density at radius 3 is 2.35 bits per heavy atom. The molecule has 1 aromatic carbocycles. The lowest BCUT2D eigenvalue weighted by molar-refractivity contribution is -0.139. The van der Waals surface area contributed by atoms with Gasteiger partial charge >= 0.3 is 11.9 Å². The zero-order valence-electron chi connectivity index (χ0n) is 13.2. The van der Waals surface area contributed by atoms with Gasteiger partial charge in [0.05, 0.1) is 30.8 Å². The van der Waals surface area contributed by atoms with Gasteiger partial charge in [-0.3, -0.25) is 0 Å². The Hall–Kier alpha value is -2.27. The Bertz CT molecular complexity index is 681. The first kappa shape index (κ1) is 17.1. The van der Waals surface area contributed by atoms with Crippen LogP contribution in [0, 0.1) is 0 Å². The molecule has 0 aromatic heterocycles. The van der Waals surface area contributed by atoms with E-state index in [0.717, 1.165) is 0 Å². The summed E-state index contributed by atoms with van der Waals surface area (Å²) in [6, 6.07) is 7.09. The monoisotopic (exact) mass is 335 g/mol. The van der Waals surface area contributed by atoms with Crippen molar-refractivity contribution in [1.82, 2.24) is 4.90 Å². The highest BCUT2D eigenvalue weighted by atomic mass is 35.5. The zero-order chi connectivity index (χ0) is 17.0. The van der Waals surface area contributed by atoms with Gasteiger partial charge in [-0.25, -0.2) is 9.59 Å². The summed E-state index contributed by atoms with van der Waals surface area (Å²) in [7, 11) is 3.03. The Balaban J connectivity index is 2.58. The van der Waals surface area contributed by atoms with Crippen molar-refractivity contribution in [2.75, 3.05) is 20.8 Å². The van der Waals surface area contributed by atoms with Crippen LogP contribution >= 0.6 is 11.6 Å². The summed E-state index contributed by atoms with van der Waals surface area (Å²) in [6.45, 7) is 1.97. The Morgan fingerprint density at radius 2 is 1.78 bits per heavy atom. The molecular formula is C17H18ClNO4. The average molecular weight is 336 g/mol. The standard InChI is InChI=1S/C17H18ClNO4/c1-4-23-17(21)13-10-19(2)9-12(16(20)22-3)15(13)11-7-5-6-8-14(11)18/h5-10,15H,4H2,1-3H3. The predicted octanol–water partition coefficient (Wildman–Crippen LogP) is 2.87. The molecule has 0 bridgehead atoms. The topological polar surface area (TPSA) is 55.8 Å². The number of esters is 2. The SMILES string of the molecule is CCOC(=O)C1=CN(C)C=C(C(=O)OC)C1c1ccccc1Cl. The third kappa shape index (κ3) is 3.56. The van der Waals surface area contributed by atoms with Gasteiger partial charge in [0.25, 0.3) is 0 Å². The van der Waals surface area contributed by atoms with Gasteiger partial charge in [-0.15, -0.1) is 0 Å². The van der Waals surface area contributed by atoms with E-state index in [0.29, 0.717) is 21.7 Å². The molecule has 0 spiro atoms. The van der Waals surface area contributed by atoms with Crippen LogP contribution in [0.5, 0.6) is 0 Å². The van der Waals surface area contributed by atoms with Crippen LogP contribution in [0.4, 0.5) is 0 Å². The first-order valence-electron chi connectivity index (χ1n) is 7.14. The van der Waals surface area contributed by atoms with Gasteiger partial charge in [0.15, 0.2) is 0 Å². The second-order valence-electron chi connectivity index (χ2n) is 5.00. The van der Waals surface area contributed by atoms with Crippen molar-refractivity contribution in [2.24, 2.45) is 0 Å². The van der Waals surface area contributed by atoms with Crippen LogP contribution in [0.3, 0.4) is 0 Å². The lowest BCUT2D eigenvalue weighted by atomic mass is 9.83. The van der Waals surface area contributed by atoms with Crippen molar-refractivity contribution < 1.29 is 19.1 Å². The van der Waals surface area contributed by atoms with Crippen LogP contribution in [0.1, 0.15) is 18.4 Å². The van der Waals surface area contributed by atoms with Gasteiger partial charge in [0.1, 0.15) is 0 Å². The molecule has 1 aliphatic heterocycles. The average Bonchev–Trinajstić information content (AvgIpc) is 2.54. The Labute approximate surface area is 140 Å². The minimum Gasteiger partial charge on any atom is -0.466 e. The largest absolute Gasteiger partial charge is 0.466 e. The van der Waals surface area contributed by atoms with E-state index in [9.17, 15) is 9.59 Å². The van der Waals surface area contributed by atoms with Gasteiger partial charge in [-0.05, 0) is 18.6 Å². The molecule has 122 valence electrons. The molecule has 6 heteroatoms. The van der Waals surface area contributed by atoms with Gasteiger partial charge in [0, 0.05) is 24.5 Å². The molecule has 0 saturated carbocycles. The van der Waals surface area contributed by atoms with Crippen LogP contribution in [-0.4, -0.2) is 37.6 Å². The maximum absolute atomic E-state index is 12.4. The number of methoxy groups -OCH3 is 1. The molecule has 2 rings (SSSR count). The number of halogens is 1. The van der Waals surface area contributed by atoms with Crippen LogP contribution in [-0.2, 0) is 19.1 Å². The van der Waals surface area contributed by atoms with Crippen LogP contribution < -0.4 is 0 Å². The molecule has 0 fully saturated rings. The first-order valence-corrected chi connectivity index (χ1v) is 7.52. The van der Waals surface area contributed by atoms with Crippen LogP contribution in [0.25, 0.3) is 0 Å². The summed E-state index contributed by atoms with van der Waals surface area (Å²) in [5, 5.41) is 0.465. The number of nitrogens with zero attached hydrogens (tertiary/aromatic N) is 1. The highest BCUT2D eigenvalue weighted by Gasteiger charge is 2.35. The van der Waals surface area contributed by atoms with E-state index in [2.05, 4.69) is 0 Å². The lowest BCUT2D eigenvalue weighted by Gasteiger charge is -2.28. The van der Waals surface area contributed by atoms with E-state index < -0.39 is 17.9 Å². The molecule has 1 atom stereocenters. The number of carbonyl (C=O) groups excluding carboxylic acids is 2. The molecule has 0 N–H and O–H groups in total. The molecule has 0 aliphatic carbocycles. The highest BCUT2D eigenvalue weighted by molar-refractivity contribution is 6.31. The van der Waals surface area contributed by atoms with Crippen molar-refractivity contribution in [2.45, 2.75) is 12.8 Å². The normalized spacial score (nSPS) is 17.2. The molecule has 1 aromatic rings. The Morgan fingerprint density at radius 1 is 1.17 bits per heavy atom. The van der Waals surface area contributed by atoms with E-state index in [4.69, 9.17) is 21.1 Å². The number of hydrogen-bond acceptors (Lipinski definition) is 5. The highest BCUT2D eigenvalue weighted by Crippen LogP contribution is 2.39. The van der Waals surface area contributed by atoms with E-state index in [1.165, 1.54) is 7.11 Å². The molecular weight excluding hydrogens is 318 g/mol. The fraction of sp³-hybridized carbons (Fsp3) is 0.294. The van der Waals surface area contributed by atoms with Gasteiger partial charge in [-0.1, -0.05) is 29.8 Å². The fourth-order valence-corrected chi connectivity index (χ4v) is 2.76. The number of benzene rings is 1. The smallest absolute Gasteiger partial charge is 0.336 e. The molecule has 0 amide bonds. The number of ether oxygens (including phenoxy) is 2. The van der Waals surface area contributed by atoms with E-state index in [1.807, 2.05) is 0 Å². The quantitative estimate of drug-likeness (QED) is 0.792. The molecule has 5 nitrogen and oxygen atoms in total.